The fourth-order valence-electron chi connectivity index (χ4n) is 4.19. The predicted octanol–water partition coefficient (Wildman–Crippen LogP) is 6.55. The van der Waals surface area contributed by atoms with Crippen molar-refractivity contribution in [2.45, 2.75) is 45.3 Å². The normalized spacial score (nSPS) is 19.2. The molecule has 5 heteroatoms. The van der Waals surface area contributed by atoms with E-state index in [9.17, 15) is 5.11 Å². The van der Waals surface area contributed by atoms with E-state index in [1.54, 1.807) is 0 Å². The Morgan fingerprint density at radius 3 is 2.58 bits per heavy atom. The highest BCUT2D eigenvalue weighted by molar-refractivity contribution is 6.30. The van der Waals surface area contributed by atoms with Gasteiger partial charge in [0.2, 0.25) is 0 Å². The Balaban J connectivity index is 1.36. The highest BCUT2D eigenvalue weighted by Crippen LogP contribution is 2.30. The molecule has 1 atom stereocenters. The summed E-state index contributed by atoms with van der Waals surface area (Å²) in [4.78, 5) is 2.38. The summed E-state index contributed by atoms with van der Waals surface area (Å²) >= 11 is 6.11. The van der Waals surface area contributed by atoms with Crippen molar-refractivity contribution >= 4 is 11.6 Å². The van der Waals surface area contributed by atoms with Gasteiger partial charge in [-0.05, 0) is 87.2 Å². The maximum absolute atomic E-state index is 11.2. The Hall–Kier alpha value is -2.53. The minimum Gasteiger partial charge on any atom is -0.491 e. The number of ether oxygens (including phenoxy) is 2. The van der Waals surface area contributed by atoms with Gasteiger partial charge in [0.05, 0.1) is 5.60 Å². The van der Waals surface area contributed by atoms with Crippen LogP contribution in [0.2, 0.25) is 5.02 Å². The van der Waals surface area contributed by atoms with Gasteiger partial charge in [0.15, 0.2) is 0 Å². The first-order valence-corrected chi connectivity index (χ1v) is 11.9. The molecule has 0 spiro atoms. The van der Waals surface area contributed by atoms with E-state index in [0.29, 0.717) is 18.1 Å². The zero-order valence-electron chi connectivity index (χ0n) is 19.4. The van der Waals surface area contributed by atoms with Crippen LogP contribution < -0.4 is 9.47 Å². The summed E-state index contributed by atoms with van der Waals surface area (Å²) in [6, 6.07) is 21.6. The van der Waals surface area contributed by atoms with Gasteiger partial charge in [0.1, 0.15) is 23.9 Å². The average Bonchev–Trinajstić information content (AvgIpc) is 2.98. The molecule has 1 saturated heterocycles. The van der Waals surface area contributed by atoms with E-state index in [-0.39, 0.29) is 0 Å². The Labute approximate surface area is 201 Å². The molecule has 4 nitrogen and oxygen atoms in total. The number of hydrogen-bond donors (Lipinski definition) is 1. The van der Waals surface area contributed by atoms with E-state index in [0.717, 1.165) is 55.3 Å². The van der Waals surface area contributed by atoms with E-state index in [4.69, 9.17) is 21.1 Å². The van der Waals surface area contributed by atoms with Gasteiger partial charge in [-0.1, -0.05) is 41.9 Å². The number of aryl methyl sites for hydroxylation is 2. The first kappa shape index (κ1) is 23.6. The number of rotatable bonds is 7. The predicted molar refractivity (Wildman–Crippen MR) is 133 cm³/mol. The van der Waals surface area contributed by atoms with Gasteiger partial charge < -0.3 is 14.6 Å². The first-order valence-electron chi connectivity index (χ1n) is 11.6. The summed E-state index contributed by atoms with van der Waals surface area (Å²) in [5.41, 5.74) is 2.75. The summed E-state index contributed by atoms with van der Waals surface area (Å²) in [5, 5.41) is 11.9. The number of halogens is 1. The summed E-state index contributed by atoms with van der Waals surface area (Å²) in [6.07, 6.45) is 2.33. The highest BCUT2D eigenvalue weighted by atomic mass is 35.5. The Kier molecular flexibility index (Phi) is 7.59. The molecule has 1 aliphatic rings. The lowest BCUT2D eigenvalue weighted by Gasteiger charge is -2.27. The smallest absolute Gasteiger partial charge is 0.131 e. The number of hydrogen-bond acceptors (Lipinski definition) is 4. The molecule has 0 radical (unpaired) electrons. The number of aliphatic hydroxyl groups is 1. The second-order valence-corrected chi connectivity index (χ2v) is 9.49. The lowest BCUT2D eigenvalue weighted by atomic mass is 9.96. The van der Waals surface area contributed by atoms with Crippen LogP contribution in [0.3, 0.4) is 0 Å². The third kappa shape index (κ3) is 6.50. The molecule has 1 unspecified atom stereocenters. The Morgan fingerprint density at radius 2 is 1.76 bits per heavy atom. The van der Waals surface area contributed by atoms with Crippen molar-refractivity contribution in [2.75, 3.05) is 19.7 Å². The molecule has 33 heavy (non-hydrogen) atoms. The molecular formula is C28H32ClNO3. The van der Waals surface area contributed by atoms with Crippen LogP contribution in [0.15, 0.2) is 66.7 Å². The van der Waals surface area contributed by atoms with E-state index in [1.807, 2.05) is 54.6 Å². The zero-order valence-corrected chi connectivity index (χ0v) is 20.1. The van der Waals surface area contributed by atoms with Gasteiger partial charge >= 0.3 is 0 Å². The molecule has 0 saturated carbocycles. The molecule has 0 aliphatic carbocycles. The summed E-state index contributed by atoms with van der Waals surface area (Å²) < 4.78 is 12.1. The molecule has 1 heterocycles. The van der Waals surface area contributed by atoms with Crippen LogP contribution in [0, 0.1) is 13.8 Å². The zero-order chi connectivity index (χ0) is 23.3. The number of likely N-dealkylation sites (tertiary alicyclic amines) is 1. The average molecular weight is 466 g/mol. The van der Waals surface area contributed by atoms with Crippen molar-refractivity contribution in [3.63, 3.8) is 0 Å². The monoisotopic (exact) mass is 465 g/mol. The third-order valence-corrected chi connectivity index (χ3v) is 6.62. The molecule has 0 bridgehead atoms. The van der Waals surface area contributed by atoms with Crippen molar-refractivity contribution in [1.82, 2.24) is 4.90 Å². The minimum atomic E-state index is -0.815. The molecule has 4 rings (SSSR count). The maximum atomic E-state index is 11.2. The molecule has 0 aromatic heterocycles. The summed E-state index contributed by atoms with van der Waals surface area (Å²) in [7, 11) is 0. The Morgan fingerprint density at radius 1 is 0.909 bits per heavy atom. The van der Waals surface area contributed by atoms with E-state index < -0.39 is 5.60 Å². The number of nitrogens with zero attached hydrogens (tertiary/aromatic N) is 1. The summed E-state index contributed by atoms with van der Waals surface area (Å²) in [5.74, 6) is 2.38. The fraction of sp³-hybridized carbons (Fsp3) is 0.357. The van der Waals surface area contributed by atoms with Gasteiger partial charge in [-0.3, -0.25) is 4.90 Å². The lowest BCUT2D eigenvalue weighted by molar-refractivity contribution is -0.0168. The standard InChI is InChI=1S/C28H32ClNO3/c1-21-11-12-25(17-22(21)2)32-20-28(31)13-6-15-30(16-14-28)19-23-7-3-4-10-27(23)33-26-9-5-8-24(29)18-26/h3-5,7-12,17-18,31H,6,13-16,19-20H2,1-2H3. The van der Waals surface area contributed by atoms with Gasteiger partial charge in [0, 0.05) is 23.7 Å². The van der Waals surface area contributed by atoms with Crippen molar-refractivity contribution in [2.24, 2.45) is 0 Å². The molecule has 1 N–H and O–H groups in total. The molecular weight excluding hydrogens is 434 g/mol. The molecule has 3 aromatic rings. The number of benzene rings is 3. The molecule has 3 aromatic carbocycles. The van der Waals surface area contributed by atoms with Gasteiger partial charge in [-0.25, -0.2) is 0 Å². The van der Waals surface area contributed by atoms with Crippen LogP contribution in [0.4, 0.5) is 0 Å². The second-order valence-electron chi connectivity index (χ2n) is 9.06. The first-order chi connectivity index (χ1) is 15.9. The van der Waals surface area contributed by atoms with Crippen molar-refractivity contribution in [3.8, 4) is 17.2 Å². The van der Waals surface area contributed by atoms with Crippen molar-refractivity contribution < 1.29 is 14.6 Å². The van der Waals surface area contributed by atoms with Crippen LogP contribution in [-0.2, 0) is 6.54 Å². The SMILES string of the molecule is Cc1ccc(OCC2(O)CCCN(Cc3ccccc3Oc3cccc(Cl)c3)CC2)cc1C. The molecule has 1 fully saturated rings. The minimum absolute atomic E-state index is 0.317. The van der Waals surface area contributed by atoms with Crippen molar-refractivity contribution in [3.05, 3.63) is 88.4 Å². The van der Waals surface area contributed by atoms with Crippen LogP contribution in [0.1, 0.15) is 36.0 Å². The van der Waals surface area contributed by atoms with Gasteiger partial charge in [-0.2, -0.15) is 0 Å². The molecule has 1 aliphatic heterocycles. The van der Waals surface area contributed by atoms with Crippen LogP contribution in [0.25, 0.3) is 0 Å². The van der Waals surface area contributed by atoms with Gasteiger partial charge in [0.25, 0.3) is 0 Å². The van der Waals surface area contributed by atoms with Crippen LogP contribution >= 0.6 is 11.6 Å². The van der Waals surface area contributed by atoms with Gasteiger partial charge in [-0.15, -0.1) is 0 Å². The highest BCUT2D eigenvalue weighted by Gasteiger charge is 2.31. The summed E-state index contributed by atoms with van der Waals surface area (Å²) in [6.45, 7) is 6.98. The van der Waals surface area contributed by atoms with E-state index >= 15 is 0 Å². The van der Waals surface area contributed by atoms with Crippen molar-refractivity contribution in [1.29, 1.82) is 0 Å². The largest absolute Gasteiger partial charge is 0.491 e. The second kappa shape index (κ2) is 10.6. The van der Waals surface area contributed by atoms with E-state index in [1.165, 1.54) is 11.1 Å². The maximum Gasteiger partial charge on any atom is 0.131 e. The Bertz CT molecular complexity index is 1090. The quantitative estimate of drug-likeness (QED) is 0.430. The molecule has 174 valence electrons. The van der Waals surface area contributed by atoms with E-state index in [2.05, 4.69) is 30.9 Å². The third-order valence-electron chi connectivity index (χ3n) is 6.39. The van der Waals surface area contributed by atoms with Crippen LogP contribution in [0.5, 0.6) is 17.2 Å². The van der Waals surface area contributed by atoms with Crippen LogP contribution in [-0.4, -0.2) is 35.3 Å². The molecule has 0 amide bonds. The lowest BCUT2D eigenvalue weighted by Crippen LogP contribution is -2.37. The topological polar surface area (TPSA) is 41.9 Å². The fourth-order valence-corrected chi connectivity index (χ4v) is 4.37. The number of para-hydroxylation sites is 1.